The number of nitrogens with one attached hydrogen (secondary N) is 2. The molecule has 3 aromatic heterocycles. The molecule has 0 aliphatic heterocycles. The van der Waals surface area contributed by atoms with Crippen molar-refractivity contribution in [3.05, 3.63) is 34.3 Å². The van der Waals surface area contributed by atoms with Gasteiger partial charge >= 0.3 is 0 Å². The first-order chi connectivity index (χ1) is 11.7. The van der Waals surface area contributed by atoms with E-state index >= 15 is 0 Å². The summed E-state index contributed by atoms with van der Waals surface area (Å²) in [4.78, 5) is 8.74. The number of rotatable bonds is 4. The van der Waals surface area contributed by atoms with Crippen molar-refractivity contribution in [1.82, 2.24) is 30.5 Å². The second-order valence-corrected chi connectivity index (χ2v) is 6.33. The maximum absolute atomic E-state index is 5.91. The molecule has 0 saturated heterocycles. The second-order valence-electron chi connectivity index (χ2n) is 4.72. The number of halogens is 1. The molecule has 0 bridgehead atoms. The van der Waals surface area contributed by atoms with Gasteiger partial charge in [0.1, 0.15) is 5.01 Å². The molecule has 0 radical (unpaired) electrons. The van der Waals surface area contributed by atoms with Crippen LogP contribution in [0.15, 0.2) is 28.9 Å². The molecule has 0 saturated carbocycles. The molecular formula is C13H9ClN8OS. The van der Waals surface area contributed by atoms with Crippen LogP contribution in [-0.2, 0) is 0 Å². The zero-order valence-corrected chi connectivity index (χ0v) is 13.8. The van der Waals surface area contributed by atoms with E-state index in [1.165, 1.54) is 11.3 Å². The Bertz CT molecular complexity index is 999. The van der Waals surface area contributed by atoms with Gasteiger partial charge in [-0.15, -0.1) is 10.2 Å². The summed E-state index contributed by atoms with van der Waals surface area (Å²) in [6, 6.07) is 7.20. The second kappa shape index (κ2) is 5.98. The summed E-state index contributed by atoms with van der Waals surface area (Å²) in [6.45, 7) is 1.87. The summed E-state index contributed by atoms with van der Waals surface area (Å²) in [5.74, 6) is 0.887. The van der Waals surface area contributed by atoms with Gasteiger partial charge in [-0.1, -0.05) is 22.9 Å². The van der Waals surface area contributed by atoms with Crippen molar-refractivity contribution in [2.45, 2.75) is 6.92 Å². The lowest BCUT2D eigenvalue weighted by Crippen LogP contribution is -2.03. The van der Waals surface area contributed by atoms with E-state index in [2.05, 4.69) is 45.7 Å². The van der Waals surface area contributed by atoms with Crippen LogP contribution in [0.3, 0.4) is 0 Å². The molecule has 0 aliphatic rings. The molecule has 24 heavy (non-hydrogen) atoms. The smallest absolute Gasteiger partial charge is 0.245 e. The van der Waals surface area contributed by atoms with Gasteiger partial charge < -0.3 is 10.6 Å². The van der Waals surface area contributed by atoms with Crippen LogP contribution < -0.4 is 10.6 Å². The Kier molecular flexibility index (Phi) is 3.67. The normalized spacial score (nSPS) is 10.9. The molecule has 4 rings (SSSR count). The van der Waals surface area contributed by atoms with Gasteiger partial charge in [-0.25, -0.2) is 14.6 Å². The largest absolute Gasteiger partial charge is 0.337 e. The highest BCUT2D eigenvalue weighted by molar-refractivity contribution is 7.15. The summed E-state index contributed by atoms with van der Waals surface area (Å²) in [5, 5.41) is 23.7. The number of fused-ring (bicyclic) bond motifs is 1. The maximum Gasteiger partial charge on any atom is 0.245 e. The fourth-order valence-corrected chi connectivity index (χ4v) is 2.65. The minimum absolute atomic E-state index is 0.292. The van der Waals surface area contributed by atoms with E-state index < -0.39 is 0 Å². The van der Waals surface area contributed by atoms with Gasteiger partial charge in [0, 0.05) is 10.7 Å². The first kappa shape index (κ1) is 14.7. The highest BCUT2D eigenvalue weighted by Crippen LogP contribution is 2.28. The number of aromatic nitrogens is 6. The topological polar surface area (TPSA) is 115 Å². The van der Waals surface area contributed by atoms with E-state index in [-0.39, 0.29) is 0 Å². The van der Waals surface area contributed by atoms with Gasteiger partial charge in [0.15, 0.2) is 11.6 Å². The summed E-state index contributed by atoms with van der Waals surface area (Å²) < 4.78 is 4.67. The predicted molar refractivity (Wildman–Crippen MR) is 90.1 cm³/mol. The van der Waals surface area contributed by atoms with E-state index in [9.17, 15) is 0 Å². The first-order valence-electron chi connectivity index (χ1n) is 6.77. The number of nitrogens with zero attached hydrogens (tertiary/aromatic N) is 6. The van der Waals surface area contributed by atoms with Crippen LogP contribution in [0, 0.1) is 6.92 Å². The molecule has 11 heteroatoms. The van der Waals surface area contributed by atoms with E-state index in [1.807, 2.05) is 19.1 Å². The van der Waals surface area contributed by atoms with Crippen molar-refractivity contribution in [3.63, 3.8) is 0 Å². The van der Waals surface area contributed by atoms with E-state index in [1.54, 1.807) is 12.1 Å². The Morgan fingerprint density at radius 3 is 2.25 bits per heavy atom. The molecule has 0 fully saturated rings. The minimum Gasteiger partial charge on any atom is -0.337 e. The van der Waals surface area contributed by atoms with E-state index in [4.69, 9.17) is 11.6 Å². The lowest BCUT2D eigenvalue weighted by Gasteiger charge is -2.10. The molecule has 2 N–H and O–H groups in total. The highest BCUT2D eigenvalue weighted by atomic mass is 35.5. The van der Waals surface area contributed by atoms with Crippen molar-refractivity contribution in [2.24, 2.45) is 0 Å². The summed E-state index contributed by atoms with van der Waals surface area (Å²) >= 11 is 7.31. The Balaban J connectivity index is 1.73. The SMILES string of the molecule is Cc1nnc(Nc2nc3nonc3nc2Nc2ccc(Cl)cc2)s1. The Morgan fingerprint density at radius 1 is 0.958 bits per heavy atom. The van der Waals surface area contributed by atoms with Crippen molar-refractivity contribution in [1.29, 1.82) is 0 Å². The molecule has 0 amide bonds. The highest BCUT2D eigenvalue weighted by Gasteiger charge is 2.14. The lowest BCUT2D eigenvalue weighted by molar-refractivity contribution is 0.314. The molecular weight excluding hydrogens is 352 g/mol. The third kappa shape index (κ3) is 2.96. The zero-order chi connectivity index (χ0) is 16.5. The first-order valence-corrected chi connectivity index (χ1v) is 7.97. The Morgan fingerprint density at radius 2 is 1.62 bits per heavy atom. The number of benzene rings is 1. The Hall–Kier alpha value is -2.85. The van der Waals surface area contributed by atoms with Gasteiger partial charge in [-0.3, -0.25) is 0 Å². The molecule has 9 nitrogen and oxygen atoms in total. The van der Waals surface area contributed by atoms with Crippen LogP contribution in [0.25, 0.3) is 11.3 Å². The van der Waals surface area contributed by atoms with E-state index in [0.29, 0.717) is 33.1 Å². The monoisotopic (exact) mass is 360 g/mol. The predicted octanol–water partition coefficient (Wildman–Crippen LogP) is 3.31. The number of aryl methyl sites for hydroxylation is 1. The van der Waals surface area contributed by atoms with Gasteiger partial charge in [0.2, 0.25) is 16.4 Å². The van der Waals surface area contributed by atoms with Crippen LogP contribution in [0.1, 0.15) is 5.01 Å². The Labute approximate surface area is 144 Å². The van der Waals surface area contributed by atoms with Gasteiger partial charge in [-0.05, 0) is 41.5 Å². The van der Waals surface area contributed by atoms with Crippen LogP contribution in [0.5, 0.6) is 0 Å². The van der Waals surface area contributed by atoms with Crippen molar-refractivity contribution in [3.8, 4) is 0 Å². The summed E-state index contributed by atoms with van der Waals surface area (Å²) in [7, 11) is 0. The van der Waals surface area contributed by atoms with Gasteiger partial charge in [0.05, 0.1) is 0 Å². The third-order valence-corrected chi connectivity index (χ3v) is 3.98. The molecule has 4 aromatic rings. The number of hydrogen-bond donors (Lipinski definition) is 2. The number of anilines is 4. The average molecular weight is 361 g/mol. The minimum atomic E-state index is 0.292. The molecule has 0 unspecified atom stereocenters. The summed E-state index contributed by atoms with van der Waals surface area (Å²) in [6.07, 6.45) is 0. The van der Waals surface area contributed by atoms with Crippen molar-refractivity contribution in [2.75, 3.05) is 10.6 Å². The lowest BCUT2D eigenvalue weighted by atomic mass is 10.3. The molecule has 120 valence electrons. The summed E-state index contributed by atoms with van der Waals surface area (Å²) in [5.41, 5.74) is 1.38. The third-order valence-electron chi connectivity index (χ3n) is 2.97. The van der Waals surface area contributed by atoms with Crippen molar-refractivity contribution >= 4 is 56.7 Å². The molecule has 0 aliphatic carbocycles. The average Bonchev–Trinajstić information content (AvgIpc) is 3.18. The molecule has 3 heterocycles. The zero-order valence-electron chi connectivity index (χ0n) is 12.2. The molecule has 0 spiro atoms. The molecule has 0 atom stereocenters. The van der Waals surface area contributed by atoms with E-state index in [0.717, 1.165) is 10.7 Å². The standard InChI is InChI=1S/C13H9ClN8OS/c1-6-19-20-13(24-6)18-10-9(15-8-4-2-7(14)3-5-8)16-11-12(17-10)22-23-21-11/h2-5H,1H3,(H,15,16,21)(H,17,18,20,22). The fraction of sp³-hybridized carbons (Fsp3) is 0.0769. The van der Waals surface area contributed by atoms with Crippen LogP contribution in [0.4, 0.5) is 22.5 Å². The maximum atomic E-state index is 5.91. The van der Waals surface area contributed by atoms with Crippen LogP contribution in [0.2, 0.25) is 5.02 Å². The van der Waals surface area contributed by atoms with Crippen molar-refractivity contribution < 1.29 is 4.63 Å². The quantitative estimate of drug-likeness (QED) is 0.565. The fourth-order valence-electron chi connectivity index (χ4n) is 1.93. The molecule has 1 aromatic carbocycles. The number of hydrogen-bond acceptors (Lipinski definition) is 10. The van der Waals surface area contributed by atoms with Gasteiger partial charge in [-0.2, -0.15) is 0 Å². The van der Waals surface area contributed by atoms with Gasteiger partial charge in [0.25, 0.3) is 0 Å². The van der Waals surface area contributed by atoms with Crippen LogP contribution in [-0.4, -0.2) is 30.5 Å². The van der Waals surface area contributed by atoms with Crippen LogP contribution >= 0.6 is 22.9 Å².